The Hall–Kier alpha value is -1.56. The third kappa shape index (κ3) is 5.75. The normalized spacial score (nSPS) is 12.2. The number of carbonyl (C=O) groups excluding carboxylic acids is 1. The molecule has 5 nitrogen and oxygen atoms in total. The third-order valence-corrected chi connectivity index (χ3v) is 4.12. The second-order valence-corrected chi connectivity index (χ2v) is 6.73. The molecular weight excluding hydrogens is 288 g/mol. The summed E-state index contributed by atoms with van der Waals surface area (Å²) in [6.07, 6.45) is 0.780. The van der Waals surface area contributed by atoms with Gasteiger partial charge in [-0.25, -0.2) is 4.79 Å². The van der Waals surface area contributed by atoms with E-state index in [0.29, 0.717) is 6.54 Å². The number of nitrogens with zero attached hydrogens (tertiary/aromatic N) is 2. The first kappa shape index (κ1) is 17.5. The van der Waals surface area contributed by atoms with Gasteiger partial charge < -0.3 is 14.9 Å². The minimum absolute atomic E-state index is 0.0274. The number of aliphatic carboxylic acids is 1. The Morgan fingerprint density at radius 3 is 2.48 bits per heavy atom. The van der Waals surface area contributed by atoms with Gasteiger partial charge in [0.15, 0.2) is 0 Å². The molecule has 21 heavy (non-hydrogen) atoms. The molecule has 0 aliphatic heterocycles. The van der Waals surface area contributed by atoms with E-state index >= 15 is 0 Å². The second-order valence-electron chi connectivity index (χ2n) is 5.69. The molecule has 0 aromatic carbocycles. The lowest BCUT2D eigenvalue weighted by Crippen LogP contribution is -2.48. The van der Waals surface area contributed by atoms with Gasteiger partial charge in [0.2, 0.25) is 0 Å². The van der Waals surface area contributed by atoms with Gasteiger partial charge in [0.1, 0.15) is 6.54 Å². The van der Waals surface area contributed by atoms with Crippen molar-refractivity contribution in [3.63, 3.8) is 0 Å². The maximum absolute atomic E-state index is 12.5. The summed E-state index contributed by atoms with van der Waals surface area (Å²) in [5.41, 5.74) is 0. The zero-order valence-corrected chi connectivity index (χ0v) is 13.9. The van der Waals surface area contributed by atoms with Gasteiger partial charge >= 0.3 is 12.0 Å². The number of carboxylic acids is 1. The van der Waals surface area contributed by atoms with Gasteiger partial charge in [-0.3, -0.25) is 4.79 Å². The van der Waals surface area contributed by atoms with Crippen molar-refractivity contribution in [2.75, 3.05) is 20.1 Å². The zero-order chi connectivity index (χ0) is 16.0. The number of likely N-dealkylation sites (N-methyl/N-ethyl adjacent to an activating group) is 1. The molecule has 0 saturated heterocycles. The number of urea groups is 1. The van der Waals surface area contributed by atoms with Gasteiger partial charge in [-0.2, -0.15) is 0 Å². The van der Waals surface area contributed by atoms with E-state index in [9.17, 15) is 9.59 Å². The first-order chi connectivity index (χ1) is 9.81. The minimum Gasteiger partial charge on any atom is -0.480 e. The van der Waals surface area contributed by atoms with Crippen molar-refractivity contribution in [1.82, 2.24) is 9.80 Å². The molecule has 2 amide bonds. The molecule has 1 aromatic heterocycles. The molecule has 0 bridgehead atoms. The fourth-order valence-electron chi connectivity index (χ4n) is 2.08. The van der Waals surface area contributed by atoms with Crippen LogP contribution in [0.1, 0.15) is 25.6 Å². The Balaban J connectivity index is 2.69. The zero-order valence-electron chi connectivity index (χ0n) is 13.1. The summed E-state index contributed by atoms with van der Waals surface area (Å²) < 4.78 is 0. The van der Waals surface area contributed by atoms with Crippen LogP contribution in [-0.2, 0) is 11.2 Å². The van der Waals surface area contributed by atoms with Crippen LogP contribution in [0.3, 0.4) is 0 Å². The topological polar surface area (TPSA) is 60.9 Å². The molecule has 1 atom stereocenters. The third-order valence-electron chi connectivity index (χ3n) is 3.22. The van der Waals surface area contributed by atoms with Crippen LogP contribution >= 0.6 is 11.3 Å². The van der Waals surface area contributed by atoms with Crippen LogP contribution < -0.4 is 0 Å². The average molecular weight is 312 g/mol. The number of hydrogen-bond acceptors (Lipinski definition) is 3. The molecule has 1 rings (SSSR count). The van der Waals surface area contributed by atoms with Crippen LogP contribution in [0.25, 0.3) is 0 Å². The smallest absolute Gasteiger partial charge is 0.323 e. The number of carboxylic acid groups (broad SMARTS) is 1. The number of hydrogen-bond donors (Lipinski definition) is 1. The maximum atomic E-state index is 12.5. The monoisotopic (exact) mass is 312 g/mol. The molecule has 0 aliphatic rings. The van der Waals surface area contributed by atoms with Gasteiger partial charge in [0, 0.05) is 30.9 Å². The lowest BCUT2D eigenvalue weighted by Gasteiger charge is -2.32. The molecule has 6 heteroatoms. The maximum Gasteiger partial charge on any atom is 0.323 e. The molecule has 0 aliphatic carbocycles. The summed E-state index contributed by atoms with van der Waals surface area (Å²) in [5, 5.41) is 11.0. The van der Waals surface area contributed by atoms with Crippen LogP contribution in [0, 0.1) is 5.92 Å². The number of rotatable bonds is 7. The number of thiophene rings is 1. The molecule has 0 radical (unpaired) electrons. The Morgan fingerprint density at radius 2 is 2.00 bits per heavy atom. The van der Waals surface area contributed by atoms with Crippen molar-refractivity contribution in [2.24, 2.45) is 5.92 Å². The molecule has 0 saturated carbocycles. The van der Waals surface area contributed by atoms with Gasteiger partial charge in [0.05, 0.1) is 0 Å². The highest BCUT2D eigenvalue weighted by Crippen LogP contribution is 2.15. The highest BCUT2D eigenvalue weighted by molar-refractivity contribution is 7.09. The Morgan fingerprint density at radius 1 is 1.33 bits per heavy atom. The molecular formula is C15H24N2O3S. The van der Waals surface area contributed by atoms with Crippen LogP contribution in [0.15, 0.2) is 17.5 Å². The Labute approximate surface area is 130 Å². The van der Waals surface area contributed by atoms with E-state index in [4.69, 9.17) is 5.11 Å². The second kappa shape index (κ2) is 8.02. The van der Waals surface area contributed by atoms with Gasteiger partial charge in [0.25, 0.3) is 0 Å². The minimum atomic E-state index is -0.983. The summed E-state index contributed by atoms with van der Waals surface area (Å²) in [4.78, 5) is 27.7. The first-order valence-electron chi connectivity index (χ1n) is 7.07. The van der Waals surface area contributed by atoms with Crippen LogP contribution in [0.4, 0.5) is 4.79 Å². The van der Waals surface area contributed by atoms with Crippen molar-refractivity contribution in [3.8, 4) is 0 Å². The summed E-state index contributed by atoms with van der Waals surface area (Å²) in [5.74, 6) is -0.752. The highest BCUT2D eigenvalue weighted by atomic mass is 32.1. The van der Waals surface area contributed by atoms with Crippen molar-refractivity contribution in [3.05, 3.63) is 22.4 Å². The molecule has 1 N–H and O–H groups in total. The van der Waals surface area contributed by atoms with E-state index in [0.717, 1.165) is 6.42 Å². The van der Waals surface area contributed by atoms with E-state index in [1.165, 1.54) is 9.78 Å². The van der Waals surface area contributed by atoms with E-state index in [2.05, 4.69) is 0 Å². The van der Waals surface area contributed by atoms with Crippen molar-refractivity contribution < 1.29 is 14.7 Å². The summed E-state index contributed by atoms with van der Waals surface area (Å²) >= 11 is 1.66. The van der Waals surface area contributed by atoms with E-state index < -0.39 is 5.97 Å². The van der Waals surface area contributed by atoms with Crippen molar-refractivity contribution in [2.45, 2.75) is 33.2 Å². The largest absolute Gasteiger partial charge is 0.480 e. The molecule has 0 spiro atoms. The lowest BCUT2D eigenvalue weighted by molar-refractivity contribution is -0.137. The fraction of sp³-hybridized carbons (Fsp3) is 0.600. The van der Waals surface area contributed by atoms with Crippen LogP contribution in [0.2, 0.25) is 0 Å². The molecule has 1 unspecified atom stereocenters. The lowest BCUT2D eigenvalue weighted by atomic mass is 10.2. The standard InChI is InChI=1S/C15H24N2O3S/c1-11(2)9-17(10-14(18)19)15(20)16(4)12(3)8-13-6-5-7-21-13/h5-7,11-12H,8-10H2,1-4H3,(H,18,19). The predicted molar refractivity (Wildman–Crippen MR) is 84.7 cm³/mol. The summed E-state index contributed by atoms with van der Waals surface area (Å²) in [6.45, 7) is 6.11. The number of carbonyl (C=O) groups is 2. The van der Waals surface area contributed by atoms with Gasteiger partial charge in [-0.05, 0) is 24.3 Å². The predicted octanol–water partition coefficient (Wildman–Crippen LogP) is 2.77. The van der Waals surface area contributed by atoms with Gasteiger partial charge in [-0.15, -0.1) is 11.3 Å². The molecule has 1 aromatic rings. The van der Waals surface area contributed by atoms with Gasteiger partial charge in [-0.1, -0.05) is 19.9 Å². The van der Waals surface area contributed by atoms with Crippen LogP contribution in [-0.4, -0.2) is 53.1 Å². The Kier molecular flexibility index (Phi) is 6.68. The van der Waals surface area contributed by atoms with E-state index in [1.54, 1.807) is 23.3 Å². The SMILES string of the molecule is CC(C)CN(CC(=O)O)C(=O)N(C)C(C)Cc1cccs1. The van der Waals surface area contributed by atoms with Crippen molar-refractivity contribution >= 4 is 23.3 Å². The van der Waals surface area contributed by atoms with Crippen molar-refractivity contribution in [1.29, 1.82) is 0 Å². The molecule has 1 heterocycles. The molecule has 0 fully saturated rings. The fourth-order valence-corrected chi connectivity index (χ4v) is 2.91. The average Bonchev–Trinajstić information content (AvgIpc) is 2.87. The Bertz CT molecular complexity index is 459. The van der Waals surface area contributed by atoms with E-state index in [1.807, 2.05) is 38.3 Å². The quantitative estimate of drug-likeness (QED) is 0.842. The number of amides is 2. The van der Waals surface area contributed by atoms with Crippen LogP contribution in [0.5, 0.6) is 0 Å². The highest BCUT2D eigenvalue weighted by Gasteiger charge is 2.24. The molecule has 118 valence electrons. The summed E-state index contributed by atoms with van der Waals surface area (Å²) in [7, 11) is 1.73. The summed E-state index contributed by atoms with van der Waals surface area (Å²) in [6, 6.07) is 3.84. The first-order valence-corrected chi connectivity index (χ1v) is 7.95. The van der Waals surface area contributed by atoms with E-state index in [-0.39, 0.29) is 24.5 Å².